The summed E-state index contributed by atoms with van der Waals surface area (Å²) in [6.07, 6.45) is 4.26. The van der Waals surface area contributed by atoms with Crippen molar-refractivity contribution in [3.8, 4) is 11.9 Å². The Bertz CT molecular complexity index is 2310. The van der Waals surface area contributed by atoms with Crippen LogP contribution in [0, 0.1) is 31.0 Å². The van der Waals surface area contributed by atoms with Crippen LogP contribution in [0.3, 0.4) is 0 Å². The first-order chi connectivity index (χ1) is 24.8. The number of nitrogens with zero attached hydrogens (tertiary/aromatic N) is 6. The molecule has 1 fully saturated rings. The van der Waals surface area contributed by atoms with Crippen molar-refractivity contribution in [3.05, 3.63) is 105 Å². The number of aromatic nitrogens is 5. The minimum absolute atomic E-state index is 0.0240. The first-order valence-corrected chi connectivity index (χ1v) is 17.6. The Kier molecular flexibility index (Phi) is 9.90. The molecular weight excluding hydrogens is 668 g/mol. The molecule has 0 saturated carbocycles. The molecule has 4 aromatic heterocycles. The van der Waals surface area contributed by atoms with E-state index in [4.69, 9.17) is 14.5 Å². The number of nitrogens with one attached hydrogen (secondary N) is 2. The van der Waals surface area contributed by atoms with Gasteiger partial charge in [0.2, 0.25) is 5.88 Å². The molecule has 2 aromatic carbocycles. The highest BCUT2D eigenvalue weighted by Crippen LogP contribution is 2.29. The first-order valence-electron chi connectivity index (χ1n) is 16.8. The predicted octanol–water partition coefficient (Wildman–Crippen LogP) is 7.06. The molecule has 0 atom stereocenters. The number of amides is 1. The van der Waals surface area contributed by atoms with E-state index in [2.05, 4.69) is 36.0 Å². The lowest BCUT2D eigenvalue weighted by atomic mass is 10.0. The normalized spacial score (nSPS) is 14.4. The molecule has 1 amide bonds. The predicted molar refractivity (Wildman–Crippen MR) is 195 cm³/mol. The number of hydrogen-bond acceptors (Lipinski definition) is 9. The fraction of sp³-hybridized carbons (Fsp3) is 0.289. The lowest BCUT2D eigenvalue weighted by Gasteiger charge is -2.25. The van der Waals surface area contributed by atoms with Gasteiger partial charge in [0.25, 0.3) is 5.91 Å². The van der Waals surface area contributed by atoms with E-state index in [0.29, 0.717) is 39.0 Å². The summed E-state index contributed by atoms with van der Waals surface area (Å²) in [6, 6.07) is 18.9. The van der Waals surface area contributed by atoms with Gasteiger partial charge in [-0.25, -0.2) is 14.4 Å². The molecule has 260 valence electrons. The summed E-state index contributed by atoms with van der Waals surface area (Å²) in [4.78, 5) is 25.7. The first kappa shape index (κ1) is 34.0. The van der Waals surface area contributed by atoms with Crippen LogP contribution in [0.25, 0.3) is 27.5 Å². The molecule has 6 aromatic rings. The van der Waals surface area contributed by atoms with Gasteiger partial charge < -0.3 is 19.4 Å². The van der Waals surface area contributed by atoms with E-state index in [1.807, 2.05) is 62.5 Å². The molecule has 2 N–H and O–H groups in total. The summed E-state index contributed by atoms with van der Waals surface area (Å²) >= 11 is 1.11. The number of ether oxygens (including phenoxy) is 2. The highest BCUT2D eigenvalue weighted by molar-refractivity contribution is 7.12. The van der Waals surface area contributed by atoms with Gasteiger partial charge in [-0.1, -0.05) is 12.1 Å². The molecular formula is C38H37FN8O3S. The smallest absolute Gasteiger partial charge is 0.255 e. The molecule has 0 aliphatic carbocycles. The summed E-state index contributed by atoms with van der Waals surface area (Å²) in [7, 11) is 2.01. The summed E-state index contributed by atoms with van der Waals surface area (Å²) in [5.74, 6) is 0.774. The second-order valence-electron chi connectivity index (χ2n) is 12.6. The molecule has 2 aliphatic heterocycles. The van der Waals surface area contributed by atoms with Crippen LogP contribution >= 0.6 is 11.3 Å². The molecule has 8 rings (SSSR count). The number of carbonyl (C=O) groups excluding carboxylic acids is 1. The van der Waals surface area contributed by atoms with E-state index in [9.17, 15) is 14.4 Å². The number of carbonyl (C=O) groups is 1. The van der Waals surface area contributed by atoms with E-state index in [1.165, 1.54) is 6.42 Å². The number of aromatic amines is 1. The summed E-state index contributed by atoms with van der Waals surface area (Å²) in [5, 5.41) is 20.3. The van der Waals surface area contributed by atoms with Gasteiger partial charge in [0.05, 0.1) is 33.7 Å². The molecule has 13 heteroatoms. The maximum absolute atomic E-state index is 14.4. The Morgan fingerprint density at radius 3 is 2.69 bits per heavy atom. The van der Waals surface area contributed by atoms with Crippen LogP contribution in [0.5, 0.6) is 5.88 Å². The number of benzene rings is 2. The minimum atomic E-state index is -0.389. The SMILES string of the molecule is C1COC1.Cc1c(C#N)sc(COc2cccc(C3=CCN(Cc4nc5cc(NC(=O)c6ccc7n[nH]c(C)c7c6)ccc5n4C)CC3)n2)c1F. The van der Waals surface area contributed by atoms with Gasteiger partial charge in [-0.15, -0.1) is 11.3 Å². The third kappa shape index (κ3) is 7.39. The molecule has 1 saturated heterocycles. The fourth-order valence-electron chi connectivity index (χ4n) is 5.95. The topological polar surface area (TPSA) is 134 Å². The Morgan fingerprint density at radius 2 is 1.96 bits per heavy atom. The summed E-state index contributed by atoms with van der Waals surface area (Å²) < 4.78 is 27.1. The number of thiophene rings is 1. The Hall–Kier alpha value is -5.42. The summed E-state index contributed by atoms with van der Waals surface area (Å²) in [6.45, 7) is 7.81. The number of halogens is 1. The van der Waals surface area contributed by atoms with Crippen molar-refractivity contribution in [2.45, 2.75) is 39.8 Å². The second-order valence-corrected chi connectivity index (χ2v) is 13.7. The average Bonchev–Trinajstić information content (AvgIpc) is 3.74. The van der Waals surface area contributed by atoms with Crippen molar-refractivity contribution in [3.63, 3.8) is 0 Å². The lowest BCUT2D eigenvalue weighted by molar-refractivity contribution is 0.0367. The average molecular weight is 705 g/mol. The molecule has 0 spiro atoms. The van der Waals surface area contributed by atoms with E-state index >= 15 is 0 Å². The van der Waals surface area contributed by atoms with E-state index < -0.39 is 0 Å². The summed E-state index contributed by atoms with van der Waals surface area (Å²) in [5.41, 5.74) is 7.12. The van der Waals surface area contributed by atoms with Crippen molar-refractivity contribution < 1.29 is 18.7 Å². The molecule has 51 heavy (non-hydrogen) atoms. The van der Waals surface area contributed by atoms with Gasteiger partial charge in [-0.3, -0.25) is 14.8 Å². The zero-order valence-electron chi connectivity index (χ0n) is 28.6. The van der Waals surface area contributed by atoms with Crippen LogP contribution in [0.4, 0.5) is 10.1 Å². The molecule has 11 nitrogen and oxygen atoms in total. The van der Waals surface area contributed by atoms with Gasteiger partial charge in [0.1, 0.15) is 29.2 Å². The Morgan fingerprint density at radius 1 is 1.14 bits per heavy atom. The Labute approximate surface area is 298 Å². The molecule has 2 aliphatic rings. The van der Waals surface area contributed by atoms with E-state index in [1.54, 1.807) is 19.1 Å². The minimum Gasteiger partial charge on any atom is -0.472 e. The maximum Gasteiger partial charge on any atom is 0.255 e. The number of nitriles is 1. The second kappa shape index (κ2) is 14.8. The number of H-pyrrole nitrogens is 1. The third-order valence-electron chi connectivity index (χ3n) is 9.12. The molecule has 0 radical (unpaired) electrons. The number of aryl methyl sites for hydroxylation is 2. The molecule has 0 bridgehead atoms. The van der Waals surface area contributed by atoms with Crippen molar-refractivity contribution >= 4 is 50.4 Å². The number of anilines is 1. The highest BCUT2D eigenvalue weighted by atomic mass is 32.1. The third-order valence-corrected chi connectivity index (χ3v) is 10.3. The van der Waals surface area contributed by atoms with Gasteiger partial charge in [0, 0.05) is 67.3 Å². The zero-order chi connectivity index (χ0) is 35.5. The number of imidazole rings is 1. The van der Waals surface area contributed by atoms with Crippen LogP contribution < -0.4 is 10.1 Å². The van der Waals surface area contributed by atoms with Gasteiger partial charge >= 0.3 is 0 Å². The molecule has 0 unspecified atom stereocenters. The Balaban J connectivity index is 0.000000950. The monoisotopic (exact) mass is 704 g/mol. The van der Waals surface area contributed by atoms with Crippen LogP contribution in [-0.4, -0.2) is 61.8 Å². The quantitative estimate of drug-likeness (QED) is 0.172. The van der Waals surface area contributed by atoms with Crippen LogP contribution in [0.1, 0.15) is 55.7 Å². The van der Waals surface area contributed by atoms with Gasteiger partial charge in [-0.05, 0) is 74.7 Å². The van der Waals surface area contributed by atoms with Crippen LogP contribution in [0.15, 0.2) is 60.7 Å². The van der Waals surface area contributed by atoms with E-state index in [0.717, 1.165) is 88.8 Å². The highest BCUT2D eigenvalue weighted by Gasteiger charge is 2.19. The van der Waals surface area contributed by atoms with Gasteiger partial charge in [-0.2, -0.15) is 10.4 Å². The number of pyridine rings is 1. The van der Waals surface area contributed by atoms with Crippen molar-refractivity contribution in [2.24, 2.45) is 7.05 Å². The number of hydrogen-bond donors (Lipinski definition) is 2. The van der Waals surface area contributed by atoms with Crippen LogP contribution in [0.2, 0.25) is 0 Å². The largest absolute Gasteiger partial charge is 0.472 e. The fourth-order valence-corrected chi connectivity index (χ4v) is 6.85. The van der Waals surface area contributed by atoms with Crippen molar-refractivity contribution in [2.75, 3.05) is 31.6 Å². The standard InChI is InChI=1S/C35H31FN8O2S.C3H6O/c1-20-30(17-37)47-31(34(20)36)19-46-33-6-4-5-26(40-33)22-11-13-44(14-12-22)18-32-39-28-16-24(8-10-29(28)43(32)3)38-35(45)23-7-9-27-25(15-23)21(2)41-42-27;1-2-4-3-1/h4-11,15-16H,12-14,18-19H2,1-3H3,(H,38,45)(H,41,42);1-3H2. The van der Waals surface area contributed by atoms with Crippen LogP contribution in [-0.2, 0) is 24.9 Å². The number of rotatable bonds is 8. The number of fused-ring (bicyclic) bond motifs is 2. The van der Waals surface area contributed by atoms with Crippen molar-refractivity contribution in [1.29, 1.82) is 5.26 Å². The maximum atomic E-state index is 14.4. The van der Waals surface area contributed by atoms with Crippen molar-refractivity contribution in [1.82, 2.24) is 29.6 Å². The van der Waals surface area contributed by atoms with Gasteiger partial charge in [0.15, 0.2) is 0 Å². The molecule has 6 heterocycles. The zero-order valence-corrected chi connectivity index (χ0v) is 29.4. The van der Waals surface area contributed by atoms with E-state index in [-0.39, 0.29) is 18.3 Å². The lowest BCUT2D eigenvalue weighted by Crippen LogP contribution is -2.29.